The van der Waals surface area contributed by atoms with E-state index in [4.69, 9.17) is 4.42 Å². The molecule has 0 N–H and O–H groups in total. The highest BCUT2D eigenvalue weighted by atomic mass is 19.1. The Kier molecular flexibility index (Phi) is 4.40. The zero-order valence-electron chi connectivity index (χ0n) is 15.8. The van der Waals surface area contributed by atoms with E-state index in [0.29, 0.717) is 17.8 Å². The van der Waals surface area contributed by atoms with E-state index < -0.39 is 0 Å². The van der Waals surface area contributed by atoms with Gasteiger partial charge in [-0.25, -0.2) is 9.18 Å². The van der Waals surface area contributed by atoms with Gasteiger partial charge in [-0.05, 0) is 60.2 Å². The van der Waals surface area contributed by atoms with Crippen molar-refractivity contribution in [3.63, 3.8) is 0 Å². The largest absolute Gasteiger partial charge is 0.423 e. The summed E-state index contributed by atoms with van der Waals surface area (Å²) in [6.45, 7) is 3.93. The minimum atomic E-state index is -0.287. The smallest absolute Gasteiger partial charge is 0.336 e. The van der Waals surface area contributed by atoms with Crippen molar-refractivity contribution in [2.75, 3.05) is 31.1 Å². The third kappa shape index (κ3) is 3.20. The summed E-state index contributed by atoms with van der Waals surface area (Å²) in [7, 11) is 0. The summed E-state index contributed by atoms with van der Waals surface area (Å²) in [6, 6.07) is 12.8. The molecule has 5 heteroatoms. The van der Waals surface area contributed by atoms with Crippen LogP contribution in [-0.2, 0) is 19.4 Å². The first-order valence-electron chi connectivity index (χ1n) is 9.98. The Hall–Kier alpha value is -2.66. The molecule has 2 heterocycles. The molecular formula is C23H23FN2O2. The van der Waals surface area contributed by atoms with Crippen LogP contribution in [0.5, 0.6) is 0 Å². The highest BCUT2D eigenvalue weighted by Crippen LogP contribution is 2.29. The number of anilines is 1. The van der Waals surface area contributed by atoms with Crippen molar-refractivity contribution < 1.29 is 8.81 Å². The van der Waals surface area contributed by atoms with Crippen LogP contribution in [0.2, 0.25) is 0 Å². The van der Waals surface area contributed by atoms with Gasteiger partial charge in [0.1, 0.15) is 11.4 Å². The van der Waals surface area contributed by atoms with Gasteiger partial charge in [-0.2, -0.15) is 0 Å². The van der Waals surface area contributed by atoms with Gasteiger partial charge in [-0.1, -0.05) is 12.1 Å². The summed E-state index contributed by atoms with van der Waals surface area (Å²) < 4.78 is 19.5. The Morgan fingerprint density at radius 3 is 2.50 bits per heavy atom. The fourth-order valence-electron chi connectivity index (χ4n) is 4.52. The summed E-state index contributed by atoms with van der Waals surface area (Å²) in [6.07, 6.45) is 3.34. The van der Waals surface area contributed by atoms with Crippen molar-refractivity contribution in [3.05, 3.63) is 75.4 Å². The van der Waals surface area contributed by atoms with Crippen molar-refractivity contribution in [1.29, 1.82) is 0 Å². The summed E-state index contributed by atoms with van der Waals surface area (Å²) >= 11 is 0. The summed E-state index contributed by atoms with van der Waals surface area (Å²) in [5.74, 6) is -0.170. The lowest BCUT2D eigenvalue weighted by molar-refractivity contribution is 0.249. The number of aryl methyl sites for hydroxylation is 2. The molecule has 4 nitrogen and oxygen atoms in total. The second kappa shape index (κ2) is 7.06. The molecule has 0 spiro atoms. The molecular weight excluding hydrogens is 355 g/mol. The highest BCUT2D eigenvalue weighted by molar-refractivity contribution is 5.82. The number of fused-ring (bicyclic) bond motifs is 2. The molecule has 1 aliphatic heterocycles. The lowest BCUT2D eigenvalue weighted by Crippen LogP contribution is -2.46. The van der Waals surface area contributed by atoms with Gasteiger partial charge < -0.3 is 9.32 Å². The topological polar surface area (TPSA) is 36.7 Å². The number of piperazine rings is 1. The number of rotatable bonds is 3. The van der Waals surface area contributed by atoms with Crippen molar-refractivity contribution in [2.45, 2.75) is 25.8 Å². The first-order valence-corrected chi connectivity index (χ1v) is 9.98. The van der Waals surface area contributed by atoms with Gasteiger partial charge in [0.05, 0.1) is 5.69 Å². The van der Waals surface area contributed by atoms with E-state index in [1.165, 1.54) is 23.6 Å². The van der Waals surface area contributed by atoms with Gasteiger partial charge in [0, 0.05) is 44.2 Å². The average Bonchev–Trinajstić information content (AvgIpc) is 3.15. The fraction of sp³-hybridized carbons (Fsp3) is 0.348. The number of benzene rings is 2. The van der Waals surface area contributed by atoms with E-state index in [-0.39, 0.29) is 11.4 Å². The molecule has 2 aromatic carbocycles. The Morgan fingerprint density at radius 1 is 0.964 bits per heavy atom. The zero-order valence-corrected chi connectivity index (χ0v) is 15.8. The Bertz CT molecular complexity index is 1080. The van der Waals surface area contributed by atoms with Gasteiger partial charge in [0.2, 0.25) is 0 Å². The maximum Gasteiger partial charge on any atom is 0.336 e. The molecule has 0 radical (unpaired) electrons. The molecule has 1 saturated heterocycles. The molecule has 144 valence electrons. The van der Waals surface area contributed by atoms with Crippen LogP contribution in [0, 0.1) is 5.82 Å². The van der Waals surface area contributed by atoms with Gasteiger partial charge in [-0.3, -0.25) is 4.90 Å². The fourth-order valence-corrected chi connectivity index (χ4v) is 4.52. The molecule has 0 unspecified atom stereocenters. The number of hydrogen-bond donors (Lipinski definition) is 0. The van der Waals surface area contributed by atoms with Crippen LogP contribution < -0.4 is 10.5 Å². The lowest BCUT2D eigenvalue weighted by atomic mass is 10.0. The molecule has 0 amide bonds. The second-order valence-electron chi connectivity index (χ2n) is 7.78. The first-order chi connectivity index (χ1) is 13.7. The van der Waals surface area contributed by atoms with Gasteiger partial charge in [0.15, 0.2) is 0 Å². The van der Waals surface area contributed by atoms with E-state index >= 15 is 0 Å². The molecule has 0 atom stereocenters. The van der Waals surface area contributed by atoms with Crippen LogP contribution in [0.15, 0.2) is 51.7 Å². The zero-order chi connectivity index (χ0) is 19.1. The molecule has 1 aromatic heterocycles. The molecule has 1 fully saturated rings. The third-order valence-electron chi connectivity index (χ3n) is 6.00. The summed E-state index contributed by atoms with van der Waals surface area (Å²) in [5.41, 5.74) is 4.81. The number of nitrogens with zero attached hydrogens (tertiary/aromatic N) is 2. The van der Waals surface area contributed by atoms with Crippen molar-refractivity contribution in [2.24, 2.45) is 0 Å². The predicted molar refractivity (Wildman–Crippen MR) is 108 cm³/mol. The van der Waals surface area contributed by atoms with Crippen LogP contribution in [0.1, 0.15) is 23.1 Å². The molecule has 2 aliphatic rings. The second-order valence-corrected chi connectivity index (χ2v) is 7.78. The van der Waals surface area contributed by atoms with Gasteiger partial charge in [-0.15, -0.1) is 0 Å². The van der Waals surface area contributed by atoms with Crippen molar-refractivity contribution >= 4 is 16.7 Å². The Balaban J connectivity index is 1.36. The van der Waals surface area contributed by atoms with Crippen LogP contribution in [-0.4, -0.2) is 31.1 Å². The normalized spacial score (nSPS) is 17.2. The average molecular weight is 378 g/mol. The monoisotopic (exact) mass is 378 g/mol. The van der Waals surface area contributed by atoms with E-state index in [0.717, 1.165) is 50.0 Å². The Morgan fingerprint density at radius 2 is 1.71 bits per heavy atom. The molecule has 1 aliphatic carbocycles. The van der Waals surface area contributed by atoms with E-state index in [1.807, 2.05) is 12.1 Å². The lowest BCUT2D eigenvalue weighted by Gasteiger charge is -2.36. The number of halogens is 1. The predicted octanol–water partition coefficient (Wildman–Crippen LogP) is 3.74. The molecule has 5 rings (SSSR count). The van der Waals surface area contributed by atoms with Crippen molar-refractivity contribution in [1.82, 2.24) is 4.90 Å². The van der Waals surface area contributed by atoms with E-state index in [1.54, 1.807) is 12.1 Å². The van der Waals surface area contributed by atoms with E-state index in [9.17, 15) is 9.18 Å². The maximum absolute atomic E-state index is 14.0. The van der Waals surface area contributed by atoms with Gasteiger partial charge in [0.25, 0.3) is 0 Å². The SMILES string of the molecule is O=c1cc(CN2CCN(c3ccccc3F)CC2)c2cc3c(cc2o1)CCC3. The minimum absolute atomic E-state index is 0.170. The van der Waals surface area contributed by atoms with Crippen LogP contribution in [0.25, 0.3) is 11.0 Å². The van der Waals surface area contributed by atoms with Gasteiger partial charge >= 0.3 is 5.63 Å². The summed E-state index contributed by atoms with van der Waals surface area (Å²) in [4.78, 5) is 16.5. The molecule has 0 bridgehead atoms. The van der Waals surface area contributed by atoms with Crippen LogP contribution >= 0.6 is 0 Å². The molecule has 28 heavy (non-hydrogen) atoms. The number of hydrogen-bond acceptors (Lipinski definition) is 4. The standard InChI is InChI=1S/C23H23FN2O2/c24-20-6-1-2-7-21(20)26-10-8-25(9-11-26)15-18-14-23(27)28-22-13-17-5-3-4-16(17)12-19(18)22/h1-2,6-7,12-14H,3-5,8-11,15H2. The quantitative estimate of drug-likeness (QED) is 0.651. The van der Waals surface area contributed by atoms with E-state index in [2.05, 4.69) is 21.9 Å². The van der Waals surface area contributed by atoms with Crippen LogP contribution in [0.4, 0.5) is 10.1 Å². The highest BCUT2D eigenvalue weighted by Gasteiger charge is 2.21. The van der Waals surface area contributed by atoms with Crippen LogP contribution in [0.3, 0.4) is 0 Å². The molecule has 0 saturated carbocycles. The Labute approximate surface area is 163 Å². The third-order valence-corrected chi connectivity index (χ3v) is 6.00. The first kappa shape index (κ1) is 17.4. The van der Waals surface area contributed by atoms with Crippen molar-refractivity contribution in [3.8, 4) is 0 Å². The molecule has 3 aromatic rings. The minimum Gasteiger partial charge on any atom is -0.423 e. The summed E-state index contributed by atoms with van der Waals surface area (Å²) in [5, 5.41) is 1.05. The number of para-hydroxylation sites is 1. The maximum atomic E-state index is 14.0.